The smallest absolute Gasteiger partial charge is 0.224 e. The highest BCUT2D eigenvalue weighted by atomic mass is 35.5. The zero-order chi connectivity index (χ0) is 18.2. The zero-order valence-electron chi connectivity index (χ0n) is 16.5. The van der Waals surface area contributed by atoms with Crippen molar-refractivity contribution in [3.63, 3.8) is 0 Å². The molecule has 0 radical (unpaired) electrons. The normalized spacial score (nSPS) is 14.1. The molecule has 2 aromatic rings. The highest BCUT2D eigenvalue weighted by molar-refractivity contribution is 5.86. The van der Waals surface area contributed by atoms with Crippen molar-refractivity contribution in [1.29, 1.82) is 0 Å². The third-order valence-electron chi connectivity index (χ3n) is 4.81. The van der Waals surface area contributed by atoms with Crippen LogP contribution in [0.3, 0.4) is 0 Å². The number of nitrogens with zero attached hydrogens (tertiary/aromatic N) is 2. The van der Waals surface area contributed by atoms with Crippen LogP contribution in [0.1, 0.15) is 11.1 Å². The maximum atomic E-state index is 12.0. The van der Waals surface area contributed by atoms with Crippen LogP contribution in [0.4, 0.5) is 5.69 Å². The Kier molecular flexibility index (Phi) is 13.7. The molecule has 2 aromatic carbocycles. The standard InChI is InChI=1S/C21H28N4O.3ClH/c22-20-8-6-18(7-9-20)16-21(26)23-10-11-24-12-14-25(15-13-24)17-19-4-2-1-3-5-19;;;/h1-9H,10-17,22H2,(H,23,26);3*1H. The van der Waals surface area contributed by atoms with E-state index in [0.717, 1.165) is 50.5 Å². The summed E-state index contributed by atoms with van der Waals surface area (Å²) in [6, 6.07) is 18.1. The third-order valence-corrected chi connectivity index (χ3v) is 4.81. The number of anilines is 1. The maximum absolute atomic E-state index is 12.0. The van der Waals surface area contributed by atoms with Crippen molar-refractivity contribution in [3.8, 4) is 0 Å². The first-order valence-corrected chi connectivity index (χ1v) is 9.29. The molecule has 162 valence electrons. The highest BCUT2D eigenvalue weighted by Crippen LogP contribution is 2.08. The van der Waals surface area contributed by atoms with Gasteiger partial charge in [-0.1, -0.05) is 42.5 Å². The molecule has 0 aromatic heterocycles. The van der Waals surface area contributed by atoms with Gasteiger partial charge in [0.2, 0.25) is 5.91 Å². The Hall–Kier alpha value is -1.50. The molecule has 0 aliphatic carbocycles. The number of nitrogen functional groups attached to an aromatic ring is 1. The predicted octanol–water partition coefficient (Wildman–Crippen LogP) is 3.01. The summed E-state index contributed by atoms with van der Waals surface area (Å²) in [6.45, 7) is 6.90. The molecular formula is C21H31Cl3N4O. The van der Waals surface area contributed by atoms with E-state index in [1.165, 1.54) is 5.56 Å². The molecule has 0 unspecified atom stereocenters. The lowest BCUT2D eigenvalue weighted by molar-refractivity contribution is -0.120. The minimum atomic E-state index is 0. The van der Waals surface area contributed by atoms with E-state index in [1.807, 2.05) is 24.3 Å². The number of rotatable bonds is 7. The minimum absolute atomic E-state index is 0. The quantitative estimate of drug-likeness (QED) is 0.622. The summed E-state index contributed by atoms with van der Waals surface area (Å²) < 4.78 is 0. The molecule has 0 bridgehead atoms. The van der Waals surface area contributed by atoms with Gasteiger partial charge in [0.1, 0.15) is 0 Å². The summed E-state index contributed by atoms with van der Waals surface area (Å²) in [5.41, 5.74) is 8.75. The van der Waals surface area contributed by atoms with Crippen LogP contribution in [-0.4, -0.2) is 55.0 Å². The lowest BCUT2D eigenvalue weighted by atomic mass is 10.1. The molecule has 1 saturated heterocycles. The number of nitrogens with one attached hydrogen (secondary N) is 1. The van der Waals surface area contributed by atoms with Crippen LogP contribution in [-0.2, 0) is 17.8 Å². The fourth-order valence-electron chi connectivity index (χ4n) is 3.25. The first-order chi connectivity index (χ1) is 12.7. The Balaban J connectivity index is 0.00000261. The second kappa shape index (κ2) is 14.5. The van der Waals surface area contributed by atoms with Gasteiger partial charge in [0.25, 0.3) is 0 Å². The molecule has 1 aliphatic rings. The van der Waals surface area contributed by atoms with Gasteiger partial charge < -0.3 is 11.1 Å². The van der Waals surface area contributed by atoms with Crippen molar-refractivity contribution in [1.82, 2.24) is 15.1 Å². The summed E-state index contributed by atoms with van der Waals surface area (Å²) in [5.74, 6) is 0.0671. The zero-order valence-corrected chi connectivity index (χ0v) is 18.9. The molecule has 1 heterocycles. The Bertz CT molecular complexity index is 693. The van der Waals surface area contributed by atoms with E-state index >= 15 is 0 Å². The Morgan fingerprint density at radius 2 is 1.41 bits per heavy atom. The van der Waals surface area contributed by atoms with E-state index in [1.54, 1.807) is 0 Å². The first-order valence-electron chi connectivity index (χ1n) is 9.29. The topological polar surface area (TPSA) is 61.6 Å². The molecular weight excluding hydrogens is 431 g/mol. The van der Waals surface area contributed by atoms with E-state index < -0.39 is 0 Å². The Labute approximate surface area is 192 Å². The van der Waals surface area contributed by atoms with E-state index in [0.29, 0.717) is 13.0 Å². The molecule has 29 heavy (non-hydrogen) atoms. The van der Waals surface area contributed by atoms with Gasteiger partial charge in [-0.05, 0) is 23.3 Å². The van der Waals surface area contributed by atoms with Gasteiger partial charge in [-0.3, -0.25) is 14.6 Å². The number of carbonyl (C=O) groups excluding carboxylic acids is 1. The Morgan fingerprint density at radius 1 is 0.828 bits per heavy atom. The second-order valence-electron chi connectivity index (χ2n) is 6.87. The van der Waals surface area contributed by atoms with Crippen molar-refractivity contribution in [2.75, 3.05) is 45.0 Å². The van der Waals surface area contributed by atoms with Gasteiger partial charge in [-0.25, -0.2) is 0 Å². The van der Waals surface area contributed by atoms with Gasteiger partial charge in [0.05, 0.1) is 6.42 Å². The van der Waals surface area contributed by atoms with Crippen LogP contribution in [0, 0.1) is 0 Å². The van der Waals surface area contributed by atoms with Crippen LogP contribution in [0.25, 0.3) is 0 Å². The predicted molar refractivity (Wildman–Crippen MR) is 127 cm³/mol. The maximum Gasteiger partial charge on any atom is 0.224 e. The average Bonchev–Trinajstić information content (AvgIpc) is 2.66. The lowest BCUT2D eigenvalue weighted by Crippen LogP contribution is -2.48. The third kappa shape index (κ3) is 9.70. The summed E-state index contributed by atoms with van der Waals surface area (Å²) in [7, 11) is 0. The first kappa shape index (κ1) is 27.5. The monoisotopic (exact) mass is 460 g/mol. The van der Waals surface area contributed by atoms with Crippen LogP contribution in [0.5, 0.6) is 0 Å². The second-order valence-corrected chi connectivity index (χ2v) is 6.87. The number of hydrogen-bond acceptors (Lipinski definition) is 4. The molecule has 3 rings (SSSR count). The van der Waals surface area contributed by atoms with Gasteiger partial charge in [0, 0.05) is 51.5 Å². The lowest BCUT2D eigenvalue weighted by Gasteiger charge is -2.34. The number of hydrogen-bond donors (Lipinski definition) is 2. The van der Waals surface area contributed by atoms with Crippen molar-refractivity contribution in [3.05, 3.63) is 65.7 Å². The van der Waals surface area contributed by atoms with Crippen LogP contribution in [0.15, 0.2) is 54.6 Å². The SMILES string of the molecule is Cl.Cl.Cl.Nc1ccc(CC(=O)NCCN2CCN(Cc3ccccc3)CC2)cc1. The number of benzene rings is 2. The fourth-order valence-corrected chi connectivity index (χ4v) is 3.25. The number of amides is 1. The van der Waals surface area contributed by atoms with E-state index in [9.17, 15) is 4.79 Å². The molecule has 1 aliphatic heterocycles. The van der Waals surface area contributed by atoms with Crippen molar-refractivity contribution in [2.24, 2.45) is 0 Å². The molecule has 1 amide bonds. The van der Waals surface area contributed by atoms with E-state index in [-0.39, 0.29) is 43.1 Å². The molecule has 0 atom stereocenters. The Morgan fingerprint density at radius 3 is 2.03 bits per heavy atom. The highest BCUT2D eigenvalue weighted by Gasteiger charge is 2.16. The minimum Gasteiger partial charge on any atom is -0.399 e. The van der Waals surface area contributed by atoms with Gasteiger partial charge in [-0.15, -0.1) is 37.2 Å². The number of nitrogens with two attached hydrogens (primary N) is 1. The van der Waals surface area contributed by atoms with Gasteiger partial charge in [-0.2, -0.15) is 0 Å². The van der Waals surface area contributed by atoms with Crippen molar-refractivity contribution in [2.45, 2.75) is 13.0 Å². The van der Waals surface area contributed by atoms with E-state index in [2.05, 4.69) is 45.4 Å². The molecule has 3 N–H and O–H groups in total. The summed E-state index contributed by atoms with van der Waals surface area (Å²) in [6.07, 6.45) is 0.408. The molecule has 8 heteroatoms. The largest absolute Gasteiger partial charge is 0.399 e. The molecule has 0 spiro atoms. The number of halogens is 3. The summed E-state index contributed by atoms with van der Waals surface area (Å²) in [4.78, 5) is 16.9. The van der Waals surface area contributed by atoms with Crippen LogP contribution >= 0.6 is 37.2 Å². The molecule has 1 fully saturated rings. The van der Waals surface area contributed by atoms with E-state index in [4.69, 9.17) is 5.73 Å². The van der Waals surface area contributed by atoms with Crippen LogP contribution in [0.2, 0.25) is 0 Å². The van der Waals surface area contributed by atoms with Crippen molar-refractivity contribution < 1.29 is 4.79 Å². The summed E-state index contributed by atoms with van der Waals surface area (Å²) >= 11 is 0. The van der Waals surface area contributed by atoms with Gasteiger partial charge >= 0.3 is 0 Å². The van der Waals surface area contributed by atoms with Crippen LogP contribution < -0.4 is 11.1 Å². The fraction of sp³-hybridized carbons (Fsp3) is 0.381. The van der Waals surface area contributed by atoms with Crippen molar-refractivity contribution >= 4 is 48.8 Å². The van der Waals surface area contributed by atoms with Gasteiger partial charge in [0.15, 0.2) is 0 Å². The molecule has 5 nitrogen and oxygen atoms in total. The number of piperazine rings is 1. The summed E-state index contributed by atoms with van der Waals surface area (Å²) in [5, 5.41) is 3.02. The molecule has 0 saturated carbocycles. The number of carbonyl (C=O) groups is 1. The average molecular weight is 462 g/mol.